The molecule has 0 saturated heterocycles. The van der Waals surface area contributed by atoms with E-state index in [4.69, 9.17) is 4.74 Å². The quantitative estimate of drug-likeness (QED) is 0.663. The molecule has 0 fully saturated rings. The van der Waals surface area contributed by atoms with Crippen molar-refractivity contribution in [2.24, 2.45) is 0 Å². The third-order valence-electron chi connectivity index (χ3n) is 4.86. The summed E-state index contributed by atoms with van der Waals surface area (Å²) in [6.45, 7) is 2.06. The molecule has 5 nitrogen and oxygen atoms in total. The average Bonchev–Trinajstić information content (AvgIpc) is 2.70. The number of nitrogens with one attached hydrogen (secondary N) is 1. The number of aromatic nitrogens is 2. The van der Waals surface area contributed by atoms with Gasteiger partial charge < -0.3 is 10.1 Å². The zero-order valence-corrected chi connectivity index (χ0v) is 16.7. The van der Waals surface area contributed by atoms with Crippen LogP contribution in [0.25, 0.3) is 0 Å². The first kappa shape index (κ1) is 18.6. The molecule has 3 aromatic rings. The van der Waals surface area contributed by atoms with Crippen molar-refractivity contribution < 1.29 is 13.9 Å². The first-order valence-electron chi connectivity index (χ1n) is 8.78. The number of pyridine rings is 2. The average molecular weight is 442 g/mol. The lowest BCUT2D eigenvalue weighted by Crippen LogP contribution is -2.50. The van der Waals surface area contributed by atoms with Crippen LogP contribution in [-0.2, 0) is 5.54 Å². The van der Waals surface area contributed by atoms with Crippen LogP contribution >= 0.6 is 15.9 Å². The summed E-state index contributed by atoms with van der Waals surface area (Å²) in [5.74, 6) is -0.136. The van der Waals surface area contributed by atoms with Gasteiger partial charge in [0.25, 0.3) is 5.91 Å². The molecule has 4 rings (SSSR count). The zero-order valence-electron chi connectivity index (χ0n) is 15.1. The molecule has 1 aliphatic rings. The predicted octanol–water partition coefficient (Wildman–Crippen LogP) is 4.14. The van der Waals surface area contributed by atoms with Gasteiger partial charge in [-0.05, 0) is 64.3 Å². The van der Waals surface area contributed by atoms with E-state index in [1.54, 1.807) is 49.6 Å². The van der Waals surface area contributed by atoms with Crippen LogP contribution in [0.5, 0.6) is 5.75 Å². The minimum atomic E-state index is -1.02. The molecule has 0 aliphatic carbocycles. The summed E-state index contributed by atoms with van der Waals surface area (Å²) >= 11 is 3.31. The minimum absolute atomic E-state index is 0.263. The van der Waals surface area contributed by atoms with Gasteiger partial charge in [-0.1, -0.05) is 12.1 Å². The number of fused-ring (bicyclic) bond motifs is 1. The summed E-state index contributed by atoms with van der Waals surface area (Å²) in [6, 6.07) is 11.9. The molecular weight excluding hydrogens is 425 g/mol. The van der Waals surface area contributed by atoms with Gasteiger partial charge in [-0.15, -0.1) is 0 Å². The zero-order chi connectivity index (χ0) is 19.7. The second-order valence-electron chi connectivity index (χ2n) is 6.63. The molecule has 28 heavy (non-hydrogen) atoms. The summed E-state index contributed by atoms with van der Waals surface area (Å²) in [5, 5.41) is 3.06. The van der Waals surface area contributed by atoms with Crippen molar-refractivity contribution in [3.63, 3.8) is 0 Å². The van der Waals surface area contributed by atoms with Crippen LogP contribution in [0.15, 0.2) is 59.3 Å². The predicted molar refractivity (Wildman–Crippen MR) is 106 cm³/mol. The summed E-state index contributed by atoms with van der Waals surface area (Å²) in [6.07, 6.45) is 3.61. The Morgan fingerprint density at radius 3 is 2.86 bits per heavy atom. The fraction of sp³-hybridized carbons (Fsp3) is 0.190. The highest BCUT2D eigenvalue weighted by atomic mass is 79.9. The normalized spacial score (nSPS) is 18.1. The largest absolute Gasteiger partial charge is 0.491 e. The SMILES string of the molecule is Cc1ccc([C@@]2(NC(=O)c3ccc(Br)cn3)CCOc3cccnc32)cc1F. The van der Waals surface area contributed by atoms with Gasteiger partial charge in [0.2, 0.25) is 0 Å². The van der Waals surface area contributed by atoms with E-state index in [9.17, 15) is 9.18 Å². The minimum Gasteiger partial charge on any atom is -0.491 e. The fourth-order valence-corrected chi connectivity index (χ4v) is 3.60. The topological polar surface area (TPSA) is 64.1 Å². The van der Waals surface area contributed by atoms with E-state index < -0.39 is 5.54 Å². The van der Waals surface area contributed by atoms with Crippen LogP contribution in [-0.4, -0.2) is 22.5 Å². The number of benzene rings is 1. The summed E-state index contributed by atoms with van der Waals surface area (Å²) < 4.78 is 20.9. The van der Waals surface area contributed by atoms with Crippen LogP contribution < -0.4 is 10.1 Å². The molecule has 0 bridgehead atoms. The molecule has 3 heterocycles. The summed E-state index contributed by atoms with van der Waals surface area (Å²) in [7, 11) is 0. The number of carbonyl (C=O) groups excluding carboxylic acids is 1. The van der Waals surface area contributed by atoms with Crippen LogP contribution in [0.4, 0.5) is 4.39 Å². The maximum absolute atomic E-state index is 14.4. The molecule has 1 amide bonds. The lowest BCUT2D eigenvalue weighted by atomic mass is 9.81. The molecule has 0 saturated carbocycles. The van der Waals surface area contributed by atoms with Crippen molar-refractivity contribution >= 4 is 21.8 Å². The lowest BCUT2D eigenvalue weighted by Gasteiger charge is -2.39. The van der Waals surface area contributed by atoms with Crippen molar-refractivity contribution in [1.29, 1.82) is 0 Å². The van der Waals surface area contributed by atoms with Gasteiger partial charge in [0.15, 0.2) is 0 Å². The Hall–Kier alpha value is -2.80. The Labute approximate surface area is 170 Å². The maximum atomic E-state index is 14.4. The molecule has 0 radical (unpaired) electrons. The first-order chi connectivity index (χ1) is 13.5. The molecule has 1 N–H and O–H groups in total. The van der Waals surface area contributed by atoms with Gasteiger partial charge in [-0.3, -0.25) is 9.78 Å². The number of ether oxygens (including phenoxy) is 1. The van der Waals surface area contributed by atoms with Gasteiger partial charge >= 0.3 is 0 Å². The monoisotopic (exact) mass is 441 g/mol. The summed E-state index contributed by atoms with van der Waals surface area (Å²) in [5.41, 5.74) is 0.946. The van der Waals surface area contributed by atoms with Gasteiger partial charge in [-0.25, -0.2) is 9.37 Å². The third kappa shape index (κ3) is 3.26. The highest BCUT2D eigenvalue weighted by molar-refractivity contribution is 9.10. The standard InChI is InChI=1S/C21H17BrFN3O2/c1-13-4-5-14(11-16(13)23)21(8-10-28-18-3-2-9-24-19(18)21)26-20(27)17-7-6-15(22)12-25-17/h2-7,9,11-12H,8,10H2,1H3,(H,26,27)/t21-/m0/s1. The Morgan fingerprint density at radius 1 is 1.25 bits per heavy atom. The Balaban J connectivity index is 1.84. The fourth-order valence-electron chi connectivity index (χ4n) is 3.36. The van der Waals surface area contributed by atoms with Crippen molar-refractivity contribution in [1.82, 2.24) is 15.3 Å². The van der Waals surface area contributed by atoms with E-state index in [-0.39, 0.29) is 17.4 Å². The van der Waals surface area contributed by atoms with Gasteiger partial charge in [0.05, 0.1) is 6.61 Å². The van der Waals surface area contributed by atoms with E-state index in [1.807, 2.05) is 6.07 Å². The Kier molecular flexibility index (Phi) is 4.85. The first-order valence-corrected chi connectivity index (χ1v) is 9.58. The number of aryl methyl sites for hydroxylation is 1. The number of halogens is 2. The molecule has 1 aromatic carbocycles. The number of nitrogens with zero attached hydrogens (tertiary/aromatic N) is 2. The molecule has 2 aromatic heterocycles. The molecule has 1 aliphatic heterocycles. The third-order valence-corrected chi connectivity index (χ3v) is 5.33. The second-order valence-corrected chi connectivity index (χ2v) is 7.55. The number of carbonyl (C=O) groups is 1. The molecule has 0 spiro atoms. The van der Waals surface area contributed by atoms with E-state index in [0.717, 1.165) is 4.47 Å². The highest BCUT2D eigenvalue weighted by Crippen LogP contribution is 2.41. The van der Waals surface area contributed by atoms with Gasteiger partial charge in [0, 0.05) is 23.3 Å². The van der Waals surface area contributed by atoms with E-state index in [0.29, 0.717) is 35.6 Å². The van der Waals surface area contributed by atoms with Gasteiger partial charge in [0.1, 0.15) is 28.5 Å². The van der Waals surface area contributed by atoms with E-state index in [2.05, 4.69) is 31.2 Å². The van der Waals surface area contributed by atoms with Crippen molar-refractivity contribution in [3.8, 4) is 5.75 Å². The highest BCUT2D eigenvalue weighted by Gasteiger charge is 2.43. The van der Waals surface area contributed by atoms with Crippen LogP contribution in [0, 0.1) is 12.7 Å². The maximum Gasteiger partial charge on any atom is 0.270 e. The molecule has 7 heteroatoms. The van der Waals surface area contributed by atoms with Crippen LogP contribution in [0.1, 0.15) is 33.7 Å². The van der Waals surface area contributed by atoms with Gasteiger partial charge in [-0.2, -0.15) is 0 Å². The molecule has 1 atom stereocenters. The number of amides is 1. The van der Waals surface area contributed by atoms with Crippen LogP contribution in [0.2, 0.25) is 0 Å². The van der Waals surface area contributed by atoms with E-state index in [1.165, 1.54) is 6.07 Å². The van der Waals surface area contributed by atoms with Crippen molar-refractivity contribution in [3.05, 3.63) is 87.7 Å². The summed E-state index contributed by atoms with van der Waals surface area (Å²) in [4.78, 5) is 21.7. The number of hydrogen-bond acceptors (Lipinski definition) is 4. The number of rotatable bonds is 3. The van der Waals surface area contributed by atoms with Crippen molar-refractivity contribution in [2.45, 2.75) is 18.9 Å². The Morgan fingerprint density at radius 2 is 2.11 bits per heavy atom. The van der Waals surface area contributed by atoms with E-state index >= 15 is 0 Å². The molecule has 0 unspecified atom stereocenters. The molecular formula is C21H17BrFN3O2. The lowest BCUT2D eigenvalue weighted by molar-refractivity contribution is 0.0878. The Bertz CT molecular complexity index is 1040. The van der Waals surface area contributed by atoms with Crippen molar-refractivity contribution in [2.75, 3.05) is 6.61 Å². The number of hydrogen-bond donors (Lipinski definition) is 1. The smallest absolute Gasteiger partial charge is 0.270 e. The second kappa shape index (κ2) is 7.31. The molecule has 142 valence electrons. The van der Waals surface area contributed by atoms with Crippen LogP contribution in [0.3, 0.4) is 0 Å².